The summed E-state index contributed by atoms with van der Waals surface area (Å²) in [6, 6.07) is 8.18. The summed E-state index contributed by atoms with van der Waals surface area (Å²) in [4.78, 5) is 8.72. The minimum Gasteiger partial charge on any atom is -0.497 e. The van der Waals surface area contributed by atoms with Gasteiger partial charge in [0.25, 0.3) is 0 Å². The van der Waals surface area contributed by atoms with Crippen LogP contribution in [0.2, 0.25) is 0 Å². The molecule has 0 saturated carbocycles. The number of hydrogen-bond acceptors (Lipinski definition) is 4. The summed E-state index contributed by atoms with van der Waals surface area (Å²) in [7, 11) is 3.56. The number of methoxy groups -OCH3 is 1. The molecule has 0 bridgehead atoms. The summed E-state index contributed by atoms with van der Waals surface area (Å²) in [5.41, 5.74) is 1.28. The normalized spacial score (nSPS) is 10.9. The van der Waals surface area contributed by atoms with E-state index in [1.165, 1.54) is 5.56 Å². The van der Waals surface area contributed by atoms with Crippen LogP contribution >= 0.6 is 24.0 Å². The molecule has 138 valence electrons. The first-order valence-corrected chi connectivity index (χ1v) is 8.21. The van der Waals surface area contributed by atoms with E-state index < -0.39 is 0 Å². The van der Waals surface area contributed by atoms with Crippen LogP contribution < -0.4 is 15.4 Å². The zero-order valence-corrected chi connectivity index (χ0v) is 17.4. The lowest BCUT2D eigenvalue weighted by atomic mass is 10.1. The van der Waals surface area contributed by atoms with Crippen molar-refractivity contribution in [1.82, 2.24) is 25.4 Å². The quantitative estimate of drug-likeness (QED) is 0.275. The molecular weight excluding hydrogens is 431 g/mol. The highest BCUT2D eigenvalue weighted by atomic mass is 127. The highest BCUT2D eigenvalue weighted by molar-refractivity contribution is 14.0. The van der Waals surface area contributed by atoms with Crippen LogP contribution in [0.5, 0.6) is 5.75 Å². The number of nitrogens with one attached hydrogen (secondary N) is 2. The van der Waals surface area contributed by atoms with Gasteiger partial charge in [-0.15, -0.1) is 24.0 Å². The van der Waals surface area contributed by atoms with Crippen molar-refractivity contribution < 1.29 is 4.74 Å². The zero-order valence-electron chi connectivity index (χ0n) is 15.0. The van der Waals surface area contributed by atoms with Crippen molar-refractivity contribution in [3.63, 3.8) is 0 Å². The molecular formula is C17H27IN6O. The number of benzene rings is 1. The van der Waals surface area contributed by atoms with E-state index in [-0.39, 0.29) is 24.0 Å². The number of ether oxygens (including phenoxy) is 1. The maximum atomic E-state index is 5.25. The molecule has 2 rings (SSSR count). The Labute approximate surface area is 166 Å². The summed E-state index contributed by atoms with van der Waals surface area (Å²) < 4.78 is 6.98. The molecule has 0 fully saturated rings. The highest BCUT2D eigenvalue weighted by Gasteiger charge is 2.02. The van der Waals surface area contributed by atoms with Crippen LogP contribution in [0.15, 0.2) is 35.6 Å². The second-order valence-electron chi connectivity index (χ2n) is 5.38. The van der Waals surface area contributed by atoms with Crippen LogP contribution in [-0.4, -0.2) is 40.9 Å². The van der Waals surface area contributed by atoms with Gasteiger partial charge >= 0.3 is 0 Å². The minimum atomic E-state index is 0. The monoisotopic (exact) mass is 458 g/mol. The maximum Gasteiger partial charge on any atom is 0.191 e. The predicted molar refractivity (Wildman–Crippen MR) is 111 cm³/mol. The fourth-order valence-corrected chi connectivity index (χ4v) is 2.28. The Morgan fingerprint density at radius 1 is 1.32 bits per heavy atom. The second-order valence-corrected chi connectivity index (χ2v) is 5.38. The van der Waals surface area contributed by atoms with Crippen LogP contribution in [0.4, 0.5) is 0 Å². The Bertz CT molecular complexity index is 658. The van der Waals surface area contributed by atoms with E-state index in [4.69, 9.17) is 4.74 Å². The standard InChI is InChI=1S/C17H26N6O.HI/c1-4-18-17(20-12-16-21-13-22-23(16)2)19-10-6-8-14-7-5-9-15(11-14)24-3;/h5,7,9,11,13H,4,6,8,10,12H2,1-3H3,(H2,18,19,20);1H. The van der Waals surface area contributed by atoms with Gasteiger partial charge in [0.2, 0.25) is 0 Å². The summed E-state index contributed by atoms with van der Waals surface area (Å²) in [6.07, 6.45) is 3.55. The lowest BCUT2D eigenvalue weighted by molar-refractivity contribution is 0.414. The number of aliphatic imine (C=N–C) groups is 1. The first-order chi connectivity index (χ1) is 11.7. The average molecular weight is 458 g/mol. The molecule has 2 aromatic rings. The number of aryl methyl sites for hydroxylation is 2. The van der Waals surface area contributed by atoms with Crippen LogP contribution in [0.1, 0.15) is 24.7 Å². The number of rotatable bonds is 8. The molecule has 2 N–H and O–H groups in total. The van der Waals surface area contributed by atoms with Gasteiger partial charge in [-0.1, -0.05) is 12.1 Å². The number of aromatic nitrogens is 3. The average Bonchev–Trinajstić information content (AvgIpc) is 3.01. The topological polar surface area (TPSA) is 76.4 Å². The van der Waals surface area contributed by atoms with E-state index in [9.17, 15) is 0 Å². The zero-order chi connectivity index (χ0) is 17.2. The van der Waals surface area contributed by atoms with Gasteiger partial charge in [0.15, 0.2) is 5.96 Å². The molecule has 0 unspecified atom stereocenters. The molecule has 0 atom stereocenters. The fraction of sp³-hybridized carbons (Fsp3) is 0.471. The Morgan fingerprint density at radius 2 is 2.16 bits per heavy atom. The largest absolute Gasteiger partial charge is 0.497 e. The first-order valence-electron chi connectivity index (χ1n) is 8.21. The molecule has 0 saturated heterocycles. The van der Waals surface area contributed by atoms with Gasteiger partial charge in [0, 0.05) is 20.1 Å². The van der Waals surface area contributed by atoms with Crippen LogP contribution in [0, 0.1) is 0 Å². The molecule has 7 nitrogen and oxygen atoms in total. The van der Waals surface area contributed by atoms with Crippen LogP contribution in [-0.2, 0) is 20.0 Å². The van der Waals surface area contributed by atoms with Gasteiger partial charge in [-0.25, -0.2) is 9.98 Å². The number of halogens is 1. The Balaban J connectivity index is 0.00000312. The Kier molecular flexibility index (Phi) is 9.90. The molecule has 8 heteroatoms. The molecule has 25 heavy (non-hydrogen) atoms. The lowest BCUT2D eigenvalue weighted by Gasteiger charge is -2.11. The molecule has 0 aliphatic carbocycles. The Hall–Kier alpha value is -1.84. The van der Waals surface area contributed by atoms with E-state index in [0.29, 0.717) is 6.54 Å². The Morgan fingerprint density at radius 3 is 2.84 bits per heavy atom. The predicted octanol–water partition coefficient (Wildman–Crippen LogP) is 2.13. The minimum absolute atomic E-state index is 0. The van der Waals surface area contributed by atoms with Crippen molar-refractivity contribution in [2.24, 2.45) is 12.0 Å². The van der Waals surface area contributed by atoms with Crippen molar-refractivity contribution in [1.29, 1.82) is 0 Å². The van der Waals surface area contributed by atoms with Crippen molar-refractivity contribution in [2.45, 2.75) is 26.3 Å². The molecule has 0 radical (unpaired) electrons. The third-order valence-electron chi connectivity index (χ3n) is 3.60. The number of guanidine groups is 1. The number of nitrogens with zero attached hydrogens (tertiary/aromatic N) is 4. The summed E-state index contributed by atoms with van der Waals surface area (Å²) >= 11 is 0. The molecule has 1 aromatic carbocycles. The first kappa shape index (κ1) is 21.2. The van der Waals surface area contributed by atoms with Crippen molar-refractivity contribution in [3.8, 4) is 5.75 Å². The second kappa shape index (κ2) is 11.7. The van der Waals surface area contributed by atoms with E-state index in [1.807, 2.05) is 19.2 Å². The van der Waals surface area contributed by atoms with Gasteiger partial charge in [0.1, 0.15) is 24.4 Å². The molecule has 1 aromatic heterocycles. The molecule has 0 spiro atoms. The van der Waals surface area contributed by atoms with E-state index in [0.717, 1.165) is 43.5 Å². The van der Waals surface area contributed by atoms with Gasteiger partial charge < -0.3 is 15.4 Å². The number of hydrogen-bond donors (Lipinski definition) is 2. The van der Waals surface area contributed by atoms with Gasteiger partial charge in [0.05, 0.1) is 7.11 Å². The SMILES string of the molecule is CCNC(=NCc1ncnn1C)NCCCc1cccc(OC)c1.I. The van der Waals surface area contributed by atoms with Crippen LogP contribution in [0.25, 0.3) is 0 Å². The van der Waals surface area contributed by atoms with E-state index in [1.54, 1.807) is 18.1 Å². The third kappa shape index (κ3) is 7.29. The van der Waals surface area contributed by atoms with Crippen LogP contribution in [0.3, 0.4) is 0 Å². The van der Waals surface area contributed by atoms with Crippen molar-refractivity contribution in [2.75, 3.05) is 20.2 Å². The van der Waals surface area contributed by atoms with E-state index in [2.05, 4.69) is 44.8 Å². The summed E-state index contributed by atoms with van der Waals surface area (Å²) in [5.74, 6) is 2.54. The highest BCUT2D eigenvalue weighted by Crippen LogP contribution is 2.13. The molecule has 0 aliphatic rings. The lowest BCUT2D eigenvalue weighted by Crippen LogP contribution is -2.38. The van der Waals surface area contributed by atoms with Crippen molar-refractivity contribution >= 4 is 29.9 Å². The fourth-order valence-electron chi connectivity index (χ4n) is 2.28. The van der Waals surface area contributed by atoms with Crippen molar-refractivity contribution in [3.05, 3.63) is 42.0 Å². The summed E-state index contributed by atoms with van der Waals surface area (Å²) in [6.45, 7) is 4.22. The summed E-state index contributed by atoms with van der Waals surface area (Å²) in [5, 5.41) is 10.6. The smallest absolute Gasteiger partial charge is 0.191 e. The van der Waals surface area contributed by atoms with E-state index >= 15 is 0 Å². The third-order valence-corrected chi connectivity index (χ3v) is 3.60. The van der Waals surface area contributed by atoms with Gasteiger partial charge in [-0.2, -0.15) is 5.10 Å². The molecule has 0 amide bonds. The molecule has 0 aliphatic heterocycles. The maximum absolute atomic E-state index is 5.25. The van der Waals surface area contributed by atoms with Gasteiger partial charge in [-0.3, -0.25) is 4.68 Å². The van der Waals surface area contributed by atoms with Gasteiger partial charge in [-0.05, 0) is 37.5 Å². The molecule has 1 heterocycles.